The predicted molar refractivity (Wildman–Crippen MR) is 77.5 cm³/mol. The fourth-order valence-corrected chi connectivity index (χ4v) is 2.44. The zero-order valence-electron chi connectivity index (χ0n) is 11.7. The molecule has 2 aromatic carbocycles. The van der Waals surface area contributed by atoms with Crippen molar-refractivity contribution < 1.29 is 18.7 Å². The van der Waals surface area contributed by atoms with Crippen LogP contribution in [0.5, 0.6) is 0 Å². The number of nitrogens with zero attached hydrogens (tertiary/aromatic N) is 2. The minimum absolute atomic E-state index is 0.221. The Balaban J connectivity index is 2.33. The molecule has 3 rings (SSSR count). The zero-order valence-corrected chi connectivity index (χ0v) is 11.7. The van der Waals surface area contributed by atoms with Crippen LogP contribution in [0.4, 0.5) is 8.78 Å². The number of aromatic nitrogens is 2. The van der Waals surface area contributed by atoms with Gasteiger partial charge in [-0.05, 0) is 12.5 Å². The first-order chi connectivity index (χ1) is 10.5. The highest BCUT2D eigenvalue weighted by molar-refractivity contribution is 5.83. The molecule has 0 aliphatic carbocycles. The first-order valence-electron chi connectivity index (χ1n) is 6.60. The average Bonchev–Trinajstić information content (AvgIpc) is 2.77. The molecule has 0 spiro atoms. The molecule has 1 N–H and O–H groups in total. The van der Waals surface area contributed by atoms with E-state index in [1.807, 2.05) is 19.1 Å². The van der Waals surface area contributed by atoms with Gasteiger partial charge >= 0.3 is 5.97 Å². The third-order valence-corrected chi connectivity index (χ3v) is 3.47. The standard InChI is InChI=1S/C16H12F2N2O2/c1-9-4-2-3-5-10(9)16-19-13-6-11(17)12(18)7-14(13)20(16)8-15(21)22/h2-7H,8H2,1H3,(H,21,22). The van der Waals surface area contributed by atoms with Crippen LogP contribution < -0.4 is 0 Å². The highest BCUT2D eigenvalue weighted by Crippen LogP contribution is 2.28. The van der Waals surface area contributed by atoms with Gasteiger partial charge < -0.3 is 9.67 Å². The van der Waals surface area contributed by atoms with E-state index in [9.17, 15) is 13.6 Å². The number of fused-ring (bicyclic) bond motifs is 1. The molecule has 22 heavy (non-hydrogen) atoms. The Morgan fingerprint density at radius 1 is 1.23 bits per heavy atom. The quantitative estimate of drug-likeness (QED) is 0.807. The maximum atomic E-state index is 13.5. The summed E-state index contributed by atoms with van der Waals surface area (Å²) >= 11 is 0. The number of aryl methyl sites for hydroxylation is 1. The summed E-state index contributed by atoms with van der Waals surface area (Å²) in [5.74, 6) is -2.75. The predicted octanol–water partition coefficient (Wildman–Crippen LogP) is 3.37. The van der Waals surface area contributed by atoms with Gasteiger partial charge in [0.2, 0.25) is 0 Å². The van der Waals surface area contributed by atoms with E-state index in [0.717, 1.165) is 23.3 Å². The number of imidazole rings is 1. The topological polar surface area (TPSA) is 55.1 Å². The van der Waals surface area contributed by atoms with Crippen LogP contribution in [0.15, 0.2) is 36.4 Å². The molecule has 0 unspecified atom stereocenters. The molecule has 6 heteroatoms. The van der Waals surface area contributed by atoms with Crippen molar-refractivity contribution in [1.82, 2.24) is 9.55 Å². The number of halogens is 2. The van der Waals surface area contributed by atoms with E-state index in [4.69, 9.17) is 5.11 Å². The van der Waals surface area contributed by atoms with Crippen LogP contribution >= 0.6 is 0 Å². The molecular weight excluding hydrogens is 290 g/mol. The van der Waals surface area contributed by atoms with Gasteiger partial charge in [-0.1, -0.05) is 24.3 Å². The number of rotatable bonds is 3. The van der Waals surface area contributed by atoms with Crippen molar-refractivity contribution in [1.29, 1.82) is 0 Å². The summed E-state index contributed by atoms with van der Waals surface area (Å²) in [6.07, 6.45) is 0. The van der Waals surface area contributed by atoms with E-state index in [-0.39, 0.29) is 17.6 Å². The van der Waals surface area contributed by atoms with Gasteiger partial charge in [-0.2, -0.15) is 0 Å². The fourth-order valence-electron chi connectivity index (χ4n) is 2.44. The number of hydrogen-bond donors (Lipinski definition) is 1. The van der Waals surface area contributed by atoms with Crippen molar-refractivity contribution in [2.75, 3.05) is 0 Å². The van der Waals surface area contributed by atoms with Crippen LogP contribution in [0.25, 0.3) is 22.4 Å². The first kappa shape index (κ1) is 14.2. The smallest absolute Gasteiger partial charge is 0.323 e. The lowest BCUT2D eigenvalue weighted by atomic mass is 10.1. The van der Waals surface area contributed by atoms with Gasteiger partial charge in [0, 0.05) is 17.7 Å². The second kappa shape index (κ2) is 5.22. The number of carboxylic acids is 1. The molecule has 0 atom stereocenters. The van der Waals surface area contributed by atoms with E-state index in [0.29, 0.717) is 5.82 Å². The van der Waals surface area contributed by atoms with Crippen molar-refractivity contribution in [3.63, 3.8) is 0 Å². The van der Waals surface area contributed by atoms with Crippen molar-refractivity contribution in [2.45, 2.75) is 13.5 Å². The Morgan fingerprint density at radius 2 is 1.91 bits per heavy atom. The molecule has 0 radical (unpaired) electrons. The Labute approximate surface area is 124 Å². The second-order valence-corrected chi connectivity index (χ2v) is 4.99. The van der Waals surface area contributed by atoms with Crippen molar-refractivity contribution in [2.24, 2.45) is 0 Å². The molecule has 1 aromatic heterocycles. The molecular formula is C16H12F2N2O2. The first-order valence-corrected chi connectivity index (χ1v) is 6.60. The van der Waals surface area contributed by atoms with E-state index >= 15 is 0 Å². The summed E-state index contributed by atoms with van der Waals surface area (Å²) in [7, 11) is 0. The number of carbonyl (C=O) groups is 1. The normalized spacial score (nSPS) is 11.0. The van der Waals surface area contributed by atoms with Crippen molar-refractivity contribution in [3.8, 4) is 11.4 Å². The molecule has 0 aliphatic heterocycles. The minimum atomic E-state index is -1.08. The average molecular weight is 302 g/mol. The van der Waals surface area contributed by atoms with Gasteiger partial charge in [-0.25, -0.2) is 13.8 Å². The third-order valence-electron chi connectivity index (χ3n) is 3.47. The molecule has 0 bridgehead atoms. The molecule has 0 saturated heterocycles. The Hall–Kier alpha value is -2.76. The maximum absolute atomic E-state index is 13.5. The van der Waals surface area contributed by atoms with Crippen LogP contribution in [0, 0.1) is 18.6 Å². The van der Waals surface area contributed by atoms with Gasteiger partial charge in [0.1, 0.15) is 12.4 Å². The Bertz CT molecular complexity index is 887. The largest absolute Gasteiger partial charge is 0.480 e. The van der Waals surface area contributed by atoms with Crippen molar-refractivity contribution >= 4 is 17.0 Å². The molecule has 1 heterocycles. The van der Waals surface area contributed by atoms with Crippen LogP contribution in [0.2, 0.25) is 0 Å². The Kier molecular flexibility index (Phi) is 3.36. The number of benzene rings is 2. The SMILES string of the molecule is Cc1ccccc1-c1nc2cc(F)c(F)cc2n1CC(=O)O. The van der Waals surface area contributed by atoms with E-state index in [2.05, 4.69) is 4.98 Å². The monoisotopic (exact) mass is 302 g/mol. The van der Waals surface area contributed by atoms with Crippen LogP contribution in [-0.2, 0) is 11.3 Å². The third kappa shape index (κ3) is 2.32. The number of carboxylic acid groups (broad SMARTS) is 1. The molecule has 0 fully saturated rings. The van der Waals surface area contributed by atoms with E-state index in [1.165, 1.54) is 4.57 Å². The summed E-state index contributed by atoms with van der Waals surface area (Å²) in [6.45, 7) is 1.48. The number of aliphatic carboxylic acids is 1. The van der Waals surface area contributed by atoms with Crippen LogP contribution in [0.1, 0.15) is 5.56 Å². The van der Waals surface area contributed by atoms with Gasteiger partial charge in [-0.3, -0.25) is 4.79 Å². The highest BCUT2D eigenvalue weighted by atomic mass is 19.2. The lowest BCUT2D eigenvalue weighted by Crippen LogP contribution is -2.10. The molecule has 3 aromatic rings. The van der Waals surface area contributed by atoms with Gasteiger partial charge in [0.15, 0.2) is 11.6 Å². The highest BCUT2D eigenvalue weighted by Gasteiger charge is 2.18. The molecule has 0 saturated carbocycles. The molecule has 0 aliphatic rings. The van der Waals surface area contributed by atoms with Crippen molar-refractivity contribution in [3.05, 3.63) is 53.6 Å². The molecule has 112 valence electrons. The molecule has 4 nitrogen and oxygen atoms in total. The van der Waals surface area contributed by atoms with Crippen LogP contribution in [0.3, 0.4) is 0 Å². The summed E-state index contributed by atoms with van der Waals surface area (Å²) in [4.78, 5) is 15.4. The second-order valence-electron chi connectivity index (χ2n) is 4.99. The van der Waals surface area contributed by atoms with E-state index in [1.54, 1.807) is 12.1 Å². The van der Waals surface area contributed by atoms with Gasteiger partial charge in [-0.15, -0.1) is 0 Å². The van der Waals surface area contributed by atoms with Crippen LogP contribution in [-0.4, -0.2) is 20.6 Å². The maximum Gasteiger partial charge on any atom is 0.323 e. The lowest BCUT2D eigenvalue weighted by molar-refractivity contribution is -0.137. The molecule has 0 amide bonds. The summed E-state index contributed by atoms with van der Waals surface area (Å²) < 4.78 is 28.3. The summed E-state index contributed by atoms with van der Waals surface area (Å²) in [5.41, 5.74) is 2.09. The Morgan fingerprint density at radius 3 is 2.59 bits per heavy atom. The van der Waals surface area contributed by atoms with Gasteiger partial charge in [0.25, 0.3) is 0 Å². The minimum Gasteiger partial charge on any atom is -0.480 e. The van der Waals surface area contributed by atoms with E-state index < -0.39 is 17.6 Å². The zero-order chi connectivity index (χ0) is 15.9. The summed E-state index contributed by atoms with van der Waals surface area (Å²) in [5, 5.41) is 9.09. The lowest BCUT2D eigenvalue weighted by Gasteiger charge is -2.08. The number of hydrogen-bond acceptors (Lipinski definition) is 2. The summed E-state index contributed by atoms with van der Waals surface area (Å²) in [6, 6.07) is 9.26. The van der Waals surface area contributed by atoms with Gasteiger partial charge in [0.05, 0.1) is 11.0 Å². The fraction of sp³-hybridized carbons (Fsp3) is 0.125.